The molecule has 364 valence electrons. The van der Waals surface area contributed by atoms with Crippen LogP contribution >= 0.6 is 0 Å². The Morgan fingerprint density at radius 1 is 0.167 bits per heavy atom. The second-order valence-electron chi connectivity index (χ2n) is 20.4. The van der Waals surface area contributed by atoms with Gasteiger partial charge in [-0.25, -0.2) is 0 Å². The Morgan fingerprint density at radius 2 is 0.500 bits per heavy atom. The zero-order valence-corrected chi connectivity index (χ0v) is 42.8. The second-order valence-corrected chi connectivity index (χ2v) is 20.4. The highest BCUT2D eigenvalue weighted by Gasteiger charge is 2.17. The maximum Gasteiger partial charge on any atom is 0.0541 e. The molecule has 16 rings (SSSR count). The predicted molar refractivity (Wildman–Crippen MR) is 333 cm³/mol. The molecule has 0 aliphatic carbocycles. The van der Waals surface area contributed by atoms with E-state index in [9.17, 15) is 0 Å². The van der Waals surface area contributed by atoms with E-state index in [1.54, 1.807) is 0 Å². The van der Waals surface area contributed by atoms with Crippen LogP contribution in [0.15, 0.2) is 303 Å². The van der Waals surface area contributed by atoms with Gasteiger partial charge in [-0.2, -0.15) is 0 Å². The first-order valence-corrected chi connectivity index (χ1v) is 26.9. The van der Waals surface area contributed by atoms with Gasteiger partial charge in [-0.05, 0) is 131 Å². The van der Waals surface area contributed by atoms with Gasteiger partial charge < -0.3 is 9.13 Å². The highest BCUT2D eigenvalue weighted by Crippen LogP contribution is 2.40. The third kappa shape index (κ3) is 7.73. The maximum atomic E-state index is 2.42. The lowest BCUT2D eigenvalue weighted by Crippen LogP contribution is -1.95. The zero-order chi connectivity index (χ0) is 51.5. The van der Waals surface area contributed by atoms with Crippen molar-refractivity contribution in [2.24, 2.45) is 0 Å². The molecule has 2 heterocycles. The van der Waals surface area contributed by atoms with Gasteiger partial charge in [0.2, 0.25) is 0 Å². The Kier molecular flexibility index (Phi) is 10.9. The minimum Gasteiger partial charge on any atom is -0.309 e. The average molecular weight is 991 g/mol. The molecular weight excluding hydrogens is 941 g/mol. The van der Waals surface area contributed by atoms with Crippen LogP contribution in [0.2, 0.25) is 0 Å². The Morgan fingerprint density at radius 3 is 1.01 bits per heavy atom. The number of rotatable bonds is 6. The van der Waals surface area contributed by atoms with Crippen molar-refractivity contribution in [3.63, 3.8) is 0 Å². The van der Waals surface area contributed by atoms with E-state index in [4.69, 9.17) is 0 Å². The van der Waals surface area contributed by atoms with Crippen molar-refractivity contribution < 1.29 is 0 Å². The summed E-state index contributed by atoms with van der Waals surface area (Å²) in [5, 5.41) is 15.2. The summed E-state index contributed by atoms with van der Waals surface area (Å²) in [7, 11) is 0. The van der Waals surface area contributed by atoms with E-state index in [0.717, 1.165) is 0 Å². The molecule has 0 amide bonds. The van der Waals surface area contributed by atoms with Crippen LogP contribution in [0.5, 0.6) is 0 Å². The highest BCUT2D eigenvalue weighted by atomic mass is 15.0. The summed E-state index contributed by atoms with van der Waals surface area (Å²) in [5.74, 6) is 0. The lowest BCUT2D eigenvalue weighted by molar-refractivity contribution is 1.20. The zero-order valence-electron chi connectivity index (χ0n) is 42.8. The summed E-state index contributed by atoms with van der Waals surface area (Å²) in [4.78, 5) is 0. The number of fused-ring (bicyclic) bond motifs is 10. The fourth-order valence-corrected chi connectivity index (χ4v) is 12.2. The fraction of sp³-hybridized carbons (Fsp3) is 0. The van der Waals surface area contributed by atoms with Gasteiger partial charge in [-0.1, -0.05) is 249 Å². The standard InChI is InChI=1S/2C38H25N/c1-3-13-31-27(9-1)11-7-16-32(31)29-21-19-26(20-22-29)30-23-24-38-35(25-30)34-15-5-6-17-37(34)39(38)36-18-8-12-28-10-2-4-14-33(28)36;1-2-10-30-24-31(21-20-26(30)8-1)27-16-18-28(19-17-27)32-22-23-38-35(25-32)34-13-5-6-14-37(34)39(38)36-15-7-11-29-9-3-4-12-33(29)36/h2*1-25H. The predicted octanol–water partition coefficient (Wildman–Crippen LogP) is 20.8. The molecule has 0 bridgehead atoms. The smallest absolute Gasteiger partial charge is 0.0541 e. The monoisotopic (exact) mass is 990 g/mol. The van der Waals surface area contributed by atoms with Crippen molar-refractivity contribution in [2.75, 3.05) is 0 Å². The van der Waals surface area contributed by atoms with E-state index < -0.39 is 0 Å². The largest absolute Gasteiger partial charge is 0.309 e. The summed E-state index contributed by atoms with van der Waals surface area (Å²) in [6.07, 6.45) is 0. The number of aromatic nitrogens is 2. The van der Waals surface area contributed by atoms with Gasteiger partial charge in [0.15, 0.2) is 0 Å². The first-order valence-electron chi connectivity index (χ1n) is 26.9. The minimum absolute atomic E-state index is 1.21. The molecule has 0 saturated carbocycles. The lowest BCUT2D eigenvalue weighted by atomic mass is 9.96. The van der Waals surface area contributed by atoms with Crippen molar-refractivity contribution in [3.8, 4) is 55.9 Å². The van der Waals surface area contributed by atoms with Crippen LogP contribution in [0.4, 0.5) is 0 Å². The molecule has 0 aliphatic rings. The summed E-state index contributed by atoms with van der Waals surface area (Å²) < 4.78 is 4.83. The Bertz CT molecular complexity index is 4940. The number of para-hydroxylation sites is 2. The van der Waals surface area contributed by atoms with E-state index in [1.165, 1.54) is 143 Å². The molecule has 2 nitrogen and oxygen atoms in total. The van der Waals surface area contributed by atoms with Crippen molar-refractivity contribution in [1.29, 1.82) is 0 Å². The van der Waals surface area contributed by atoms with Crippen LogP contribution in [-0.2, 0) is 0 Å². The molecule has 0 radical (unpaired) electrons. The minimum atomic E-state index is 1.21. The number of hydrogen-bond acceptors (Lipinski definition) is 0. The third-order valence-electron chi connectivity index (χ3n) is 16.0. The molecule has 0 fully saturated rings. The van der Waals surface area contributed by atoms with Crippen molar-refractivity contribution in [3.05, 3.63) is 303 Å². The maximum absolute atomic E-state index is 2.42. The average Bonchev–Trinajstić information content (AvgIpc) is 4.19. The quantitative estimate of drug-likeness (QED) is 0.157. The molecule has 14 aromatic carbocycles. The van der Waals surface area contributed by atoms with E-state index in [-0.39, 0.29) is 0 Å². The normalized spacial score (nSPS) is 11.6. The van der Waals surface area contributed by atoms with Crippen LogP contribution in [0.25, 0.3) is 143 Å². The molecule has 78 heavy (non-hydrogen) atoms. The highest BCUT2D eigenvalue weighted by molar-refractivity contribution is 6.13. The topological polar surface area (TPSA) is 9.86 Å². The van der Waals surface area contributed by atoms with E-state index in [1.807, 2.05) is 0 Å². The molecule has 0 unspecified atom stereocenters. The summed E-state index contributed by atoms with van der Waals surface area (Å²) in [6.45, 7) is 0. The van der Waals surface area contributed by atoms with E-state index in [0.29, 0.717) is 0 Å². The molecule has 2 aromatic heterocycles. The fourth-order valence-electron chi connectivity index (χ4n) is 12.2. The number of nitrogens with zero attached hydrogens (tertiary/aromatic N) is 2. The summed E-state index contributed by atoms with van der Waals surface area (Å²) >= 11 is 0. The molecule has 0 N–H and O–H groups in total. The van der Waals surface area contributed by atoms with Crippen LogP contribution in [-0.4, -0.2) is 9.13 Å². The van der Waals surface area contributed by atoms with Crippen LogP contribution in [0.1, 0.15) is 0 Å². The van der Waals surface area contributed by atoms with E-state index in [2.05, 4.69) is 312 Å². The SMILES string of the molecule is c1ccc2c(-c3ccc(-c4ccc5c(c4)c4ccccc4n5-c4cccc5ccccc45)cc3)cccc2c1.c1ccc2cc(-c3ccc(-c4ccc5c(c4)c4ccccc4n5-c4cccc5ccccc45)cc3)ccc2c1. The molecule has 0 atom stereocenters. The van der Waals surface area contributed by atoms with Gasteiger partial charge in [0, 0.05) is 32.3 Å². The Hall–Kier alpha value is -10.3. The lowest BCUT2D eigenvalue weighted by Gasteiger charge is -2.12. The van der Waals surface area contributed by atoms with Crippen LogP contribution in [0.3, 0.4) is 0 Å². The van der Waals surface area contributed by atoms with Crippen molar-refractivity contribution in [1.82, 2.24) is 9.13 Å². The van der Waals surface area contributed by atoms with Gasteiger partial charge in [-0.3, -0.25) is 0 Å². The van der Waals surface area contributed by atoms with Crippen LogP contribution < -0.4 is 0 Å². The molecule has 2 heteroatoms. The van der Waals surface area contributed by atoms with Gasteiger partial charge in [0.25, 0.3) is 0 Å². The number of benzene rings is 14. The van der Waals surface area contributed by atoms with Crippen molar-refractivity contribution >= 4 is 86.7 Å². The van der Waals surface area contributed by atoms with Crippen LogP contribution in [0, 0.1) is 0 Å². The van der Waals surface area contributed by atoms with Gasteiger partial charge in [-0.15, -0.1) is 0 Å². The number of hydrogen-bond donors (Lipinski definition) is 0. The Labute approximate surface area is 452 Å². The molecule has 16 aromatic rings. The molecule has 0 saturated heterocycles. The Balaban J connectivity index is 0.000000136. The second kappa shape index (κ2) is 18.8. The summed E-state index contributed by atoms with van der Waals surface area (Å²) in [5.41, 5.74) is 17.2. The third-order valence-corrected chi connectivity index (χ3v) is 16.0. The molecule has 0 spiro atoms. The van der Waals surface area contributed by atoms with Gasteiger partial charge >= 0.3 is 0 Å². The van der Waals surface area contributed by atoms with Gasteiger partial charge in [0.1, 0.15) is 0 Å². The van der Waals surface area contributed by atoms with E-state index >= 15 is 0 Å². The van der Waals surface area contributed by atoms with Gasteiger partial charge in [0.05, 0.1) is 33.4 Å². The first-order chi connectivity index (χ1) is 38.7. The van der Waals surface area contributed by atoms with Crippen molar-refractivity contribution in [2.45, 2.75) is 0 Å². The summed E-state index contributed by atoms with van der Waals surface area (Å²) in [6, 6.07) is 110. The molecule has 0 aliphatic heterocycles. The molecular formula is C76H50N2. The first kappa shape index (κ1) is 45.1.